The van der Waals surface area contributed by atoms with E-state index in [0.717, 1.165) is 32.2 Å². The lowest BCUT2D eigenvalue weighted by molar-refractivity contribution is -0.188. The predicted molar refractivity (Wildman–Crippen MR) is 78.9 cm³/mol. The molecular weight excluding hydrogens is 309 g/mol. The van der Waals surface area contributed by atoms with Crippen molar-refractivity contribution in [2.45, 2.75) is 56.8 Å². The molecule has 2 atom stereocenters. The molecule has 0 bridgehead atoms. The molecule has 1 amide bonds. The number of amides is 1. The van der Waals surface area contributed by atoms with E-state index in [4.69, 9.17) is 4.74 Å². The first kappa shape index (κ1) is 17.0. The second-order valence-electron chi connectivity index (χ2n) is 6.90. The van der Waals surface area contributed by atoms with Gasteiger partial charge in [-0.05, 0) is 45.1 Å². The van der Waals surface area contributed by atoms with Crippen molar-refractivity contribution in [2.75, 3.05) is 32.8 Å². The molecule has 3 fully saturated rings. The maximum absolute atomic E-state index is 13.0. The summed E-state index contributed by atoms with van der Waals surface area (Å²) in [4.78, 5) is 16.5. The van der Waals surface area contributed by atoms with Crippen molar-refractivity contribution in [3.05, 3.63) is 0 Å². The molecule has 0 radical (unpaired) electrons. The van der Waals surface area contributed by atoms with E-state index in [9.17, 15) is 18.0 Å². The van der Waals surface area contributed by atoms with Crippen LogP contribution in [-0.4, -0.2) is 66.8 Å². The van der Waals surface area contributed by atoms with Crippen molar-refractivity contribution in [1.82, 2.24) is 9.80 Å². The SMILES string of the molecule is O=C([C@@H]1CCCN1C1CCOCC1)N1CCC[C@H](C(F)(F)F)C1. The van der Waals surface area contributed by atoms with E-state index >= 15 is 0 Å². The Bertz CT molecular complexity index is 424. The number of likely N-dealkylation sites (tertiary alicyclic amines) is 2. The summed E-state index contributed by atoms with van der Waals surface area (Å²) in [5.41, 5.74) is 0. The highest BCUT2D eigenvalue weighted by Crippen LogP contribution is 2.34. The fourth-order valence-electron chi connectivity index (χ4n) is 4.16. The van der Waals surface area contributed by atoms with Crippen LogP contribution in [0.5, 0.6) is 0 Å². The zero-order chi connectivity index (χ0) is 16.4. The summed E-state index contributed by atoms with van der Waals surface area (Å²) in [6.45, 7) is 2.59. The van der Waals surface area contributed by atoms with E-state index in [1.54, 1.807) is 0 Å². The lowest BCUT2D eigenvalue weighted by Crippen LogP contribution is -2.53. The zero-order valence-electron chi connectivity index (χ0n) is 13.4. The number of hydrogen-bond acceptors (Lipinski definition) is 3. The van der Waals surface area contributed by atoms with Gasteiger partial charge in [-0.15, -0.1) is 0 Å². The number of carbonyl (C=O) groups is 1. The first-order valence-corrected chi connectivity index (χ1v) is 8.66. The number of carbonyl (C=O) groups excluding carboxylic acids is 1. The molecular formula is C16H25F3N2O2. The maximum Gasteiger partial charge on any atom is 0.393 e. The van der Waals surface area contributed by atoms with E-state index in [0.29, 0.717) is 32.2 Å². The summed E-state index contributed by atoms with van der Waals surface area (Å²) < 4.78 is 44.3. The van der Waals surface area contributed by atoms with Crippen LogP contribution in [0.3, 0.4) is 0 Å². The van der Waals surface area contributed by atoms with Crippen molar-refractivity contribution >= 4 is 5.91 Å². The van der Waals surface area contributed by atoms with E-state index in [2.05, 4.69) is 4.90 Å². The molecule has 0 aromatic carbocycles. The van der Waals surface area contributed by atoms with Gasteiger partial charge in [0.05, 0.1) is 12.0 Å². The summed E-state index contributed by atoms with van der Waals surface area (Å²) >= 11 is 0. The molecule has 3 saturated heterocycles. The average molecular weight is 334 g/mol. The highest BCUT2D eigenvalue weighted by Gasteiger charge is 2.45. The van der Waals surface area contributed by atoms with Crippen LogP contribution in [0.4, 0.5) is 13.2 Å². The van der Waals surface area contributed by atoms with Gasteiger partial charge >= 0.3 is 6.18 Å². The molecule has 132 valence electrons. The van der Waals surface area contributed by atoms with Crippen LogP contribution in [0.1, 0.15) is 38.5 Å². The Morgan fingerprint density at radius 1 is 1.00 bits per heavy atom. The summed E-state index contributed by atoms with van der Waals surface area (Å²) in [6.07, 6.45) is -0.0753. The quantitative estimate of drug-likeness (QED) is 0.778. The van der Waals surface area contributed by atoms with Crippen molar-refractivity contribution in [2.24, 2.45) is 5.92 Å². The van der Waals surface area contributed by atoms with E-state index in [-0.39, 0.29) is 24.9 Å². The molecule has 0 N–H and O–H groups in total. The third kappa shape index (κ3) is 3.82. The second kappa shape index (κ2) is 6.97. The Morgan fingerprint density at radius 2 is 1.70 bits per heavy atom. The Labute approximate surface area is 134 Å². The van der Waals surface area contributed by atoms with Gasteiger partial charge in [-0.1, -0.05) is 0 Å². The molecule has 0 aliphatic carbocycles. The van der Waals surface area contributed by atoms with Crippen molar-refractivity contribution in [1.29, 1.82) is 0 Å². The first-order valence-electron chi connectivity index (χ1n) is 8.66. The van der Waals surface area contributed by atoms with Crippen LogP contribution < -0.4 is 0 Å². The molecule has 23 heavy (non-hydrogen) atoms. The molecule has 3 rings (SSSR count). The van der Waals surface area contributed by atoms with Crippen LogP contribution in [0.15, 0.2) is 0 Å². The summed E-state index contributed by atoms with van der Waals surface area (Å²) in [6, 6.07) is 0.105. The van der Waals surface area contributed by atoms with Crippen LogP contribution in [0, 0.1) is 5.92 Å². The summed E-state index contributed by atoms with van der Waals surface area (Å²) in [7, 11) is 0. The average Bonchev–Trinajstić information content (AvgIpc) is 3.04. The van der Waals surface area contributed by atoms with Crippen LogP contribution in [-0.2, 0) is 9.53 Å². The molecule has 0 saturated carbocycles. The third-order valence-corrected chi connectivity index (χ3v) is 5.44. The fraction of sp³-hybridized carbons (Fsp3) is 0.938. The summed E-state index contributed by atoms with van der Waals surface area (Å²) in [5, 5.41) is 0. The predicted octanol–water partition coefficient (Wildman–Crippen LogP) is 2.43. The number of ether oxygens (including phenoxy) is 1. The minimum atomic E-state index is -4.20. The molecule has 0 aromatic rings. The number of rotatable bonds is 2. The number of alkyl halides is 3. The Kier molecular flexibility index (Phi) is 5.16. The van der Waals surface area contributed by atoms with Crippen molar-refractivity contribution in [3.63, 3.8) is 0 Å². The highest BCUT2D eigenvalue weighted by molar-refractivity contribution is 5.82. The normalized spacial score (nSPS) is 31.5. The topological polar surface area (TPSA) is 32.8 Å². The molecule has 7 heteroatoms. The van der Waals surface area contributed by atoms with Gasteiger partial charge < -0.3 is 9.64 Å². The Balaban J connectivity index is 1.64. The molecule has 3 aliphatic rings. The van der Waals surface area contributed by atoms with Gasteiger partial charge in [-0.3, -0.25) is 9.69 Å². The molecule has 3 heterocycles. The number of hydrogen-bond donors (Lipinski definition) is 0. The minimum absolute atomic E-state index is 0.0945. The molecule has 0 aromatic heterocycles. The lowest BCUT2D eigenvalue weighted by atomic mass is 9.96. The number of halogens is 3. The van der Waals surface area contributed by atoms with E-state index < -0.39 is 12.1 Å². The van der Waals surface area contributed by atoms with Crippen molar-refractivity contribution in [3.8, 4) is 0 Å². The van der Waals surface area contributed by atoms with Gasteiger partial charge in [0.15, 0.2) is 0 Å². The first-order chi connectivity index (χ1) is 11.0. The number of nitrogens with zero attached hydrogens (tertiary/aromatic N) is 2. The van der Waals surface area contributed by atoms with Crippen LogP contribution >= 0.6 is 0 Å². The molecule has 4 nitrogen and oxygen atoms in total. The van der Waals surface area contributed by atoms with Crippen molar-refractivity contribution < 1.29 is 22.7 Å². The Hall–Kier alpha value is -0.820. The van der Waals surface area contributed by atoms with Gasteiger partial charge in [0, 0.05) is 32.3 Å². The van der Waals surface area contributed by atoms with Gasteiger partial charge in [0.2, 0.25) is 5.91 Å². The van der Waals surface area contributed by atoms with Gasteiger partial charge in [0.25, 0.3) is 0 Å². The third-order valence-electron chi connectivity index (χ3n) is 5.44. The minimum Gasteiger partial charge on any atom is -0.381 e. The fourth-order valence-corrected chi connectivity index (χ4v) is 4.16. The van der Waals surface area contributed by atoms with Crippen LogP contribution in [0.2, 0.25) is 0 Å². The van der Waals surface area contributed by atoms with Crippen LogP contribution in [0.25, 0.3) is 0 Å². The molecule has 0 unspecified atom stereocenters. The largest absolute Gasteiger partial charge is 0.393 e. The van der Waals surface area contributed by atoms with E-state index in [1.807, 2.05) is 0 Å². The van der Waals surface area contributed by atoms with Gasteiger partial charge in [0.1, 0.15) is 0 Å². The maximum atomic E-state index is 13.0. The zero-order valence-corrected chi connectivity index (χ0v) is 13.4. The molecule has 0 spiro atoms. The van der Waals surface area contributed by atoms with Gasteiger partial charge in [-0.25, -0.2) is 0 Å². The smallest absolute Gasteiger partial charge is 0.381 e. The van der Waals surface area contributed by atoms with E-state index in [1.165, 1.54) is 4.90 Å². The lowest BCUT2D eigenvalue weighted by Gasteiger charge is -2.39. The highest BCUT2D eigenvalue weighted by atomic mass is 19.4. The second-order valence-corrected chi connectivity index (χ2v) is 6.90. The standard InChI is InChI=1S/C16H25F3N2O2/c17-16(18,19)12-3-1-7-20(11-12)15(22)14-4-2-8-21(14)13-5-9-23-10-6-13/h12-14H,1-11H2/t12-,14-/m0/s1. The number of piperidine rings is 1. The monoisotopic (exact) mass is 334 g/mol. The Morgan fingerprint density at radius 3 is 2.39 bits per heavy atom. The van der Waals surface area contributed by atoms with Gasteiger partial charge in [-0.2, -0.15) is 13.2 Å². The summed E-state index contributed by atoms with van der Waals surface area (Å²) in [5.74, 6) is -1.46. The molecule has 3 aliphatic heterocycles.